The van der Waals surface area contributed by atoms with Crippen molar-refractivity contribution in [1.82, 2.24) is 4.98 Å². The number of thiazole rings is 1. The zero-order valence-electron chi connectivity index (χ0n) is 16.3. The molecule has 3 rings (SSSR count). The first-order valence-corrected chi connectivity index (χ1v) is 9.91. The monoisotopic (exact) mass is 365 g/mol. The van der Waals surface area contributed by atoms with Crippen LogP contribution in [0, 0.1) is 13.8 Å². The average molecular weight is 366 g/mol. The van der Waals surface area contributed by atoms with E-state index in [4.69, 9.17) is 9.72 Å². The van der Waals surface area contributed by atoms with Gasteiger partial charge in [-0.1, -0.05) is 57.2 Å². The number of hydrogen-bond donors (Lipinski definition) is 0. The van der Waals surface area contributed by atoms with Gasteiger partial charge in [-0.15, -0.1) is 11.3 Å². The number of aromatic nitrogens is 1. The molecule has 1 heterocycles. The van der Waals surface area contributed by atoms with Crippen LogP contribution in [0.15, 0.2) is 48.5 Å². The van der Waals surface area contributed by atoms with E-state index >= 15 is 0 Å². The molecule has 0 radical (unpaired) electrons. The normalized spacial score (nSPS) is 11.6. The number of nitrogens with zero attached hydrogens (tertiary/aromatic N) is 1. The summed E-state index contributed by atoms with van der Waals surface area (Å²) in [7, 11) is 0. The Hall–Kier alpha value is -2.13. The lowest BCUT2D eigenvalue weighted by Crippen LogP contribution is -2.10. The Labute approximate surface area is 160 Å². The van der Waals surface area contributed by atoms with Crippen LogP contribution >= 0.6 is 11.3 Å². The molecule has 136 valence electrons. The van der Waals surface area contributed by atoms with Crippen molar-refractivity contribution in [1.29, 1.82) is 0 Å². The maximum Gasteiger partial charge on any atom is 0.123 e. The molecule has 0 aliphatic carbocycles. The lowest BCUT2D eigenvalue weighted by atomic mass is 9.87. The van der Waals surface area contributed by atoms with E-state index in [-0.39, 0.29) is 5.41 Å². The molecule has 0 fully saturated rings. The van der Waals surface area contributed by atoms with Gasteiger partial charge in [0.1, 0.15) is 10.8 Å². The van der Waals surface area contributed by atoms with Crippen LogP contribution in [-0.2, 0) is 11.8 Å². The molecule has 2 nitrogen and oxygen atoms in total. The highest BCUT2D eigenvalue weighted by molar-refractivity contribution is 7.15. The summed E-state index contributed by atoms with van der Waals surface area (Å²) in [4.78, 5) is 6.13. The molecule has 3 aromatic rings. The number of hydrogen-bond acceptors (Lipinski definition) is 3. The van der Waals surface area contributed by atoms with E-state index in [1.807, 2.05) is 12.1 Å². The van der Waals surface area contributed by atoms with Crippen LogP contribution in [0.4, 0.5) is 0 Å². The molecule has 0 bridgehead atoms. The van der Waals surface area contributed by atoms with Gasteiger partial charge >= 0.3 is 0 Å². The zero-order valence-corrected chi connectivity index (χ0v) is 17.1. The Morgan fingerprint density at radius 3 is 2.38 bits per heavy atom. The number of benzene rings is 2. The molecule has 0 saturated heterocycles. The third-order valence-corrected chi connectivity index (χ3v) is 5.55. The van der Waals surface area contributed by atoms with E-state index in [1.54, 1.807) is 11.3 Å². The van der Waals surface area contributed by atoms with Crippen molar-refractivity contribution in [2.24, 2.45) is 0 Å². The molecular weight excluding hydrogens is 338 g/mol. The third kappa shape index (κ3) is 4.53. The summed E-state index contributed by atoms with van der Waals surface area (Å²) < 4.78 is 5.88. The first kappa shape index (κ1) is 18.7. The first-order valence-electron chi connectivity index (χ1n) is 9.09. The van der Waals surface area contributed by atoms with E-state index in [2.05, 4.69) is 71.0 Å². The summed E-state index contributed by atoms with van der Waals surface area (Å²) in [6.07, 6.45) is 0.830. The zero-order chi connectivity index (χ0) is 18.7. The molecule has 0 amide bonds. The fourth-order valence-corrected chi connectivity index (χ4v) is 3.83. The van der Waals surface area contributed by atoms with Crippen molar-refractivity contribution in [2.45, 2.75) is 46.5 Å². The van der Waals surface area contributed by atoms with Gasteiger partial charge in [0.2, 0.25) is 0 Å². The molecule has 0 aliphatic heterocycles. The Morgan fingerprint density at radius 2 is 1.73 bits per heavy atom. The number of rotatable bonds is 5. The van der Waals surface area contributed by atoms with E-state index < -0.39 is 0 Å². The van der Waals surface area contributed by atoms with Gasteiger partial charge in [-0.25, -0.2) is 4.98 Å². The number of ether oxygens (including phenoxy) is 1. The van der Waals surface area contributed by atoms with E-state index in [1.165, 1.54) is 21.6 Å². The summed E-state index contributed by atoms with van der Waals surface area (Å²) in [6.45, 7) is 11.6. The van der Waals surface area contributed by atoms with Crippen LogP contribution in [0.2, 0.25) is 0 Å². The Bertz CT molecular complexity index is 872. The molecular formula is C23H27NOS. The van der Waals surface area contributed by atoms with Crippen molar-refractivity contribution >= 4 is 11.3 Å². The molecule has 0 spiro atoms. The van der Waals surface area contributed by atoms with Crippen LogP contribution in [0.3, 0.4) is 0 Å². The topological polar surface area (TPSA) is 22.1 Å². The lowest BCUT2D eigenvalue weighted by Gasteiger charge is -2.18. The minimum absolute atomic E-state index is 0.176. The first-order chi connectivity index (χ1) is 12.3. The van der Waals surface area contributed by atoms with Crippen LogP contribution in [0.1, 0.15) is 42.5 Å². The molecule has 2 aromatic carbocycles. The third-order valence-electron chi connectivity index (χ3n) is 4.49. The average Bonchev–Trinajstić information content (AvgIpc) is 2.95. The summed E-state index contributed by atoms with van der Waals surface area (Å²) >= 11 is 1.76. The van der Waals surface area contributed by atoms with Crippen LogP contribution in [0.25, 0.3) is 10.6 Å². The standard InChI is InChI=1S/C23H27NOS/c1-16-7-6-8-20(15-16)25-14-13-21-17(2)26-22(24-21)18-9-11-19(12-10-18)23(3,4)5/h6-12,15H,13-14H2,1-5H3. The molecule has 0 N–H and O–H groups in total. The maximum absolute atomic E-state index is 5.88. The Kier molecular flexibility index (Phi) is 5.47. The fraction of sp³-hybridized carbons (Fsp3) is 0.348. The fourth-order valence-electron chi connectivity index (χ4n) is 2.87. The van der Waals surface area contributed by atoms with Crippen LogP contribution in [-0.4, -0.2) is 11.6 Å². The second kappa shape index (κ2) is 7.63. The SMILES string of the molecule is Cc1cccc(OCCc2nc(-c3ccc(C(C)(C)C)cc3)sc2C)c1. The predicted molar refractivity (Wildman–Crippen MR) is 111 cm³/mol. The summed E-state index contributed by atoms with van der Waals surface area (Å²) in [5, 5.41) is 1.09. The minimum Gasteiger partial charge on any atom is -0.493 e. The molecule has 1 aromatic heterocycles. The summed E-state index contributed by atoms with van der Waals surface area (Å²) in [5.74, 6) is 0.927. The highest BCUT2D eigenvalue weighted by Gasteiger charge is 2.14. The van der Waals surface area contributed by atoms with E-state index in [0.29, 0.717) is 6.61 Å². The number of aryl methyl sites for hydroxylation is 2. The van der Waals surface area contributed by atoms with Crippen molar-refractivity contribution in [3.63, 3.8) is 0 Å². The second-order valence-corrected chi connectivity index (χ2v) is 8.97. The van der Waals surface area contributed by atoms with Crippen molar-refractivity contribution < 1.29 is 4.74 Å². The molecule has 0 atom stereocenters. The highest BCUT2D eigenvalue weighted by atomic mass is 32.1. The molecule has 26 heavy (non-hydrogen) atoms. The van der Waals surface area contributed by atoms with Crippen LogP contribution in [0.5, 0.6) is 5.75 Å². The summed E-state index contributed by atoms with van der Waals surface area (Å²) in [5.41, 5.74) is 5.07. The van der Waals surface area contributed by atoms with Crippen molar-refractivity contribution in [3.8, 4) is 16.3 Å². The van der Waals surface area contributed by atoms with Crippen molar-refractivity contribution in [2.75, 3.05) is 6.61 Å². The maximum atomic E-state index is 5.88. The van der Waals surface area contributed by atoms with Gasteiger partial charge in [-0.3, -0.25) is 0 Å². The second-order valence-electron chi connectivity index (χ2n) is 7.76. The van der Waals surface area contributed by atoms with Gasteiger partial charge in [-0.2, -0.15) is 0 Å². The van der Waals surface area contributed by atoms with Gasteiger partial charge in [-0.05, 0) is 42.5 Å². The predicted octanol–water partition coefficient (Wildman–Crippen LogP) is 6.35. The minimum atomic E-state index is 0.176. The Morgan fingerprint density at radius 1 is 1.00 bits per heavy atom. The van der Waals surface area contributed by atoms with Gasteiger partial charge in [0, 0.05) is 16.9 Å². The smallest absolute Gasteiger partial charge is 0.123 e. The molecule has 0 aliphatic rings. The van der Waals surface area contributed by atoms with Gasteiger partial charge in [0.25, 0.3) is 0 Å². The lowest BCUT2D eigenvalue weighted by molar-refractivity contribution is 0.320. The quantitative estimate of drug-likeness (QED) is 0.526. The highest BCUT2D eigenvalue weighted by Crippen LogP contribution is 2.30. The molecule has 0 saturated carbocycles. The van der Waals surface area contributed by atoms with Crippen molar-refractivity contribution in [3.05, 3.63) is 70.2 Å². The van der Waals surface area contributed by atoms with E-state index in [9.17, 15) is 0 Å². The van der Waals surface area contributed by atoms with Gasteiger partial charge in [0.15, 0.2) is 0 Å². The molecule has 3 heteroatoms. The van der Waals surface area contributed by atoms with Gasteiger partial charge < -0.3 is 4.74 Å². The molecule has 0 unspecified atom stereocenters. The van der Waals surface area contributed by atoms with Gasteiger partial charge in [0.05, 0.1) is 12.3 Å². The van der Waals surface area contributed by atoms with E-state index in [0.717, 1.165) is 22.9 Å². The Balaban J connectivity index is 1.67. The summed E-state index contributed by atoms with van der Waals surface area (Å²) in [6, 6.07) is 17.0. The largest absolute Gasteiger partial charge is 0.493 e. The van der Waals surface area contributed by atoms with Crippen LogP contribution < -0.4 is 4.74 Å².